The van der Waals surface area contributed by atoms with Crippen molar-refractivity contribution in [2.45, 2.75) is 20.0 Å². The van der Waals surface area contributed by atoms with Crippen molar-refractivity contribution < 1.29 is 14.6 Å². The lowest BCUT2D eigenvalue weighted by molar-refractivity contribution is 0.213. The maximum absolute atomic E-state index is 10.6. The van der Waals surface area contributed by atoms with E-state index in [9.17, 15) is 5.11 Å². The highest BCUT2D eigenvalue weighted by Crippen LogP contribution is 2.39. The third kappa shape index (κ3) is 2.46. The van der Waals surface area contributed by atoms with Crippen LogP contribution >= 0.6 is 11.3 Å². The summed E-state index contributed by atoms with van der Waals surface area (Å²) in [7, 11) is 3.24. The molecule has 4 heteroatoms. The highest BCUT2D eigenvalue weighted by Gasteiger charge is 2.22. The predicted molar refractivity (Wildman–Crippen MR) is 77.4 cm³/mol. The molecule has 0 radical (unpaired) electrons. The van der Waals surface area contributed by atoms with Gasteiger partial charge in [0, 0.05) is 5.56 Å². The van der Waals surface area contributed by atoms with Crippen molar-refractivity contribution in [2.24, 2.45) is 0 Å². The monoisotopic (exact) mass is 278 g/mol. The Morgan fingerprint density at radius 2 is 1.84 bits per heavy atom. The molecule has 0 saturated heterocycles. The number of thiophene rings is 1. The molecule has 0 amide bonds. The van der Waals surface area contributed by atoms with Crippen molar-refractivity contribution in [3.63, 3.8) is 0 Å². The van der Waals surface area contributed by atoms with Gasteiger partial charge in [-0.05, 0) is 36.4 Å². The van der Waals surface area contributed by atoms with Gasteiger partial charge in [-0.25, -0.2) is 0 Å². The highest BCUT2D eigenvalue weighted by atomic mass is 32.1. The van der Waals surface area contributed by atoms with E-state index in [0.29, 0.717) is 5.75 Å². The summed E-state index contributed by atoms with van der Waals surface area (Å²) in [4.78, 5) is 0.795. The molecule has 0 saturated carbocycles. The lowest BCUT2D eigenvalue weighted by Gasteiger charge is -2.18. The second kappa shape index (κ2) is 5.63. The first-order valence-corrected chi connectivity index (χ1v) is 6.91. The average Bonchev–Trinajstić information content (AvgIpc) is 2.89. The lowest BCUT2D eigenvalue weighted by atomic mass is 9.99. The van der Waals surface area contributed by atoms with Crippen LogP contribution < -0.4 is 9.47 Å². The fourth-order valence-electron chi connectivity index (χ4n) is 2.12. The Morgan fingerprint density at radius 3 is 2.47 bits per heavy atom. The third-order valence-corrected chi connectivity index (χ3v) is 4.28. The third-order valence-electron chi connectivity index (χ3n) is 3.33. The summed E-state index contributed by atoms with van der Waals surface area (Å²) >= 11 is 1.48. The summed E-state index contributed by atoms with van der Waals surface area (Å²) in [6, 6.07) is 5.76. The summed E-state index contributed by atoms with van der Waals surface area (Å²) in [6.07, 6.45) is -0.732. The molecule has 1 N–H and O–H groups in total. The van der Waals surface area contributed by atoms with E-state index in [1.807, 2.05) is 37.4 Å². The molecule has 1 atom stereocenters. The average molecular weight is 278 g/mol. The molecule has 3 nitrogen and oxygen atoms in total. The standard InChI is InChI=1S/C15H18O3S/c1-9-5-6-11(14(18-4)10(9)2)13(16)15-12(17-3)7-8-19-15/h5-8,13,16H,1-4H3. The molecule has 0 spiro atoms. The van der Waals surface area contributed by atoms with Gasteiger partial charge < -0.3 is 14.6 Å². The second-order valence-corrected chi connectivity index (χ2v) is 5.33. The first-order chi connectivity index (χ1) is 9.10. The van der Waals surface area contributed by atoms with E-state index in [-0.39, 0.29) is 0 Å². The molecule has 0 fully saturated rings. The normalized spacial score (nSPS) is 12.3. The van der Waals surface area contributed by atoms with Crippen molar-refractivity contribution in [3.05, 3.63) is 45.1 Å². The molecular formula is C15H18O3S. The SMILES string of the molecule is COc1ccsc1C(O)c1ccc(C)c(C)c1OC. The van der Waals surface area contributed by atoms with Gasteiger partial charge >= 0.3 is 0 Å². The highest BCUT2D eigenvalue weighted by molar-refractivity contribution is 7.10. The van der Waals surface area contributed by atoms with E-state index >= 15 is 0 Å². The molecule has 0 aliphatic heterocycles. The van der Waals surface area contributed by atoms with Crippen molar-refractivity contribution in [3.8, 4) is 11.5 Å². The minimum Gasteiger partial charge on any atom is -0.496 e. The summed E-state index contributed by atoms with van der Waals surface area (Å²) in [6.45, 7) is 4.02. The van der Waals surface area contributed by atoms with Crippen LogP contribution in [-0.2, 0) is 0 Å². The number of benzene rings is 1. The largest absolute Gasteiger partial charge is 0.496 e. The van der Waals surface area contributed by atoms with Gasteiger partial charge in [0.1, 0.15) is 17.6 Å². The minimum absolute atomic E-state index is 0.706. The zero-order valence-corrected chi connectivity index (χ0v) is 12.4. The maximum Gasteiger partial charge on any atom is 0.135 e. The minimum atomic E-state index is -0.732. The molecule has 1 heterocycles. The molecule has 19 heavy (non-hydrogen) atoms. The zero-order chi connectivity index (χ0) is 14.0. The van der Waals surface area contributed by atoms with Gasteiger partial charge in [-0.2, -0.15) is 0 Å². The van der Waals surface area contributed by atoms with Crippen LogP contribution in [0.25, 0.3) is 0 Å². The summed E-state index contributed by atoms with van der Waals surface area (Å²) < 4.78 is 10.7. The quantitative estimate of drug-likeness (QED) is 0.930. The van der Waals surface area contributed by atoms with Crippen LogP contribution in [0, 0.1) is 13.8 Å². The number of aryl methyl sites for hydroxylation is 1. The molecule has 1 unspecified atom stereocenters. The van der Waals surface area contributed by atoms with E-state index in [4.69, 9.17) is 9.47 Å². The Morgan fingerprint density at radius 1 is 1.11 bits per heavy atom. The van der Waals surface area contributed by atoms with Crippen LogP contribution in [0.15, 0.2) is 23.6 Å². The van der Waals surface area contributed by atoms with E-state index in [0.717, 1.165) is 27.3 Å². The molecular weight excluding hydrogens is 260 g/mol. The fraction of sp³-hybridized carbons (Fsp3) is 0.333. The number of methoxy groups -OCH3 is 2. The molecule has 0 aliphatic rings. The number of aliphatic hydroxyl groups excluding tert-OH is 1. The fourth-order valence-corrected chi connectivity index (χ4v) is 2.98. The van der Waals surface area contributed by atoms with Gasteiger partial charge in [-0.3, -0.25) is 0 Å². The number of ether oxygens (including phenoxy) is 2. The summed E-state index contributed by atoms with van der Waals surface area (Å²) in [5.74, 6) is 1.45. The number of aliphatic hydroxyl groups is 1. The predicted octanol–water partition coefficient (Wildman–Crippen LogP) is 3.46. The summed E-state index contributed by atoms with van der Waals surface area (Å²) in [5.41, 5.74) is 2.96. The maximum atomic E-state index is 10.6. The smallest absolute Gasteiger partial charge is 0.135 e. The van der Waals surface area contributed by atoms with Crippen molar-refractivity contribution in [1.82, 2.24) is 0 Å². The number of hydrogen-bond acceptors (Lipinski definition) is 4. The molecule has 0 aliphatic carbocycles. The van der Waals surface area contributed by atoms with Gasteiger partial charge in [0.05, 0.1) is 19.1 Å². The Bertz CT molecular complexity index is 575. The Labute approximate surface area is 117 Å². The van der Waals surface area contributed by atoms with Crippen molar-refractivity contribution in [2.75, 3.05) is 14.2 Å². The van der Waals surface area contributed by atoms with Crippen LogP contribution in [0.2, 0.25) is 0 Å². The Balaban J connectivity index is 2.50. The second-order valence-electron chi connectivity index (χ2n) is 4.39. The number of hydrogen-bond donors (Lipinski definition) is 1. The van der Waals surface area contributed by atoms with Gasteiger partial charge in [-0.15, -0.1) is 11.3 Å². The summed E-state index contributed by atoms with van der Waals surface area (Å²) in [5, 5.41) is 12.5. The molecule has 0 bridgehead atoms. The first kappa shape index (κ1) is 13.9. The molecule has 1 aromatic heterocycles. The van der Waals surface area contributed by atoms with E-state index in [1.165, 1.54) is 11.3 Å². The zero-order valence-electron chi connectivity index (χ0n) is 11.6. The van der Waals surface area contributed by atoms with E-state index in [2.05, 4.69) is 0 Å². The van der Waals surface area contributed by atoms with Crippen LogP contribution in [-0.4, -0.2) is 19.3 Å². The van der Waals surface area contributed by atoms with E-state index < -0.39 is 6.10 Å². The van der Waals surface area contributed by atoms with E-state index in [1.54, 1.807) is 14.2 Å². The topological polar surface area (TPSA) is 38.7 Å². The first-order valence-electron chi connectivity index (χ1n) is 6.03. The van der Waals surface area contributed by atoms with Crippen LogP contribution in [0.3, 0.4) is 0 Å². The van der Waals surface area contributed by atoms with Crippen molar-refractivity contribution in [1.29, 1.82) is 0 Å². The molecule has 2 aromatic rings. The van der Waals surface area contributed by atoms with Gasteiger partial charge in [0.2, 0.25) is 0 Å². The van der Waals surface area contributed by atoms with Crippen LogP contribution in [0.5, 0.6) is 11.5 Å². The molecule has 2 rings (SSSR count). The van der Waals surface area contributed by atoms with Gasteiger partial charge in [0.15, 0.2) is 0 Å². The van der Waals surface area contributed by atoms with Crippen LogP contribution in [0.4, 0.5) is 0 Å². The van der Waals surface area contributed by atoms with Crippen LogP contribution in [0.1, 0.15) is 27.7 Å². The molecule has 1 aromatic carbocycles. The van der Waals surface area contributed by atoms with Gasteiger partial charge in [0.25, 0.3) is 0 Å². The lowest BCUT2D eigenvalue weighted by Crippen LogP contribution is -2.04. The molecule has 102 valence electrons. The Kier molecular flexibility index (Phi) is 4.12. The van der Waals surface area contributed by atoms with Crippen molar-refractivity contribution >= 4 is 11.3 Å². The number of rotatable bonds is 4. The van der Waals surface area contributed by atoms with Gasteiger partial charge in [-0.1, -0.05) is 12.1 Å². The Hall–Kier alpha value is -1.52.